The molecule has 0 aromatic rings. The predicted octanol–water partition coefficient (Wildman–Crippen LogP) is 1.72. The van der Waals surface area contributed by atoms with Crippen LogP contribution in [0.25, 0.3) is 0 Å². The lowest BCUT2D eigenvalue weighted by molar-refractivity contribution is -0.153. The van der Waals surface area contributed by atoms with Gasteiger partial charge in [0.25, 0.3) is 0 Å². The molecule has 2 saturated heterocycles. The summed E-state index contributed by atoms with van der Waals surface area (Å²) < 4.78 is 0. The summed E-state index contributed by atoms with van der Waals surface area (Å²) in [4.78, 5) is 25.5. The number of aliphatic carboxylic acids is 1. The zero-order chi connectivity index (χ0) is 15.4. The molecule has 0 radical (unpaired) electrons. The monoisotopic (exact) mass is 296 g/mol. The Bertz CT molecular complexity index is 380. The fourth-order valence-corrected chi connectivity index (χ4v) is 3.60. The summed E-state index contributed by atoms with van der Waals surface area (Å²) in [6.45, 7) is 6.83. The van der Waals surface area contributed by atoms with Crippen LogP contribution >= 0.6 is 0 Å². The molecule has 4 atom stereocenters. The highest BCUT2D eigenvalue weighted by Crippen LogP contribution is 2.27. The normalized spacial score (nSPS) is 31.7. The maximum Gasteiger partial charge on any atom is 0.326 e. The fourth-order valence-electron chi connectivity index (χ4n) is 3.60. The fraction of sp³-hybridized carbons (Fsp3) is 0.875. The predicted molar refractivity (Wildman–Crippen MR) is 80.9 cm³/mol. The Balaban J connectivity index is 1.92. The number of likely N-dealkylation sites (tertiary alicyclic amines) is 1. The summed E-state index contributed by atoms with van der Waals surface area (Å²) >= 11 is 0. The van der Waals surface area contributed by atoms with Gasteiger partial charge in [-0.05, 0) is 56.5 Å². The van der Waals surface area contributed by atoms with Crippen molar-refractivity contribution in [1.29, 1.82) is 0 Å². The zero-order valence-electron chi connectivity index (χ0n) is 13.2. The smallest absolute Gasteiger partial charge is 0.326 e. The van der Waals surface area contributed by atoms with Crippen LogP contribution in [0.3, 0.4) is 0 Å². The Morgan fingerprint density at radius 1 is 1.38 bits per heavy atom. The molecule has 120 valence electrons. The lowest BCUT2D eigenvalue weighted by atomic mass is 9.84. The minimum atomic E-state index is -0.859. The molecule has 0 aromatic heterocycles. The summed E-state index contributed by atoms with van der Waals surface area (Å²) in [6.07, 6.45) is 4.31. The molecule has 2 rings (SSSR count). The zero-order valence-corrected chi connectivity index (χ0v) is 13.2. The SMILES string of the molecule is CC1CCN(C(=O)CC(C)C2CCCNC2)C(C(=O)O)C1. The minimum absolute atomic E-state index is 0.0207. The van der Waals surface area contributed by atoms with E-state index in [1.165, 1.54) is 12.8 Å². The molecule has 0 aliphatic carbocycles. The van der Waals surface area contributed by atoms with Gasteiger partial charge in [0.2, 0.25) is 5.91 Å². The number of piperidine rings is 2. The Labute approximate surface area is 127 Å². The number of nitrogens with zero attached hydrogens (tertiary/aromatic N) is 1. The van der Waals surface area contributed by atoms with Crippen molar-refractivity contribution in [3.05, 3.63) is 0 Å². The van der Waals surface area contributed by atoms with Crippen LogP contribution in [-0.2, 0) is 9.59 Å². The maximum absolute atomic E-state index is 12.5. The van der Waals surface area contributed by atoms with Crippen molar-refractivity contribution in [3.63, 3.8) is 0 Å². The van der Waals surface area contributed by atoms with E-state index in [0.29, 0.717) is 37.1 Å². The van der Waals surface area contributed by atoms with Gasteiger partial charge in [0.15, 0.2) is 0 Å². The van der Waals surface area contributed by atoms with E-state index in [0.717, 1.165) is 19.5 Å². The first kappa shape index (κ1) is 16.3. The van der Waals surface area contributed by atoms with Gasteiger partial charge in [-0.15, -0.1) is 0 Å². The van der Waals surface area contributed by atoms with Crippen LogP contribution < -0.4 is 5.32 Å². The molecule has 2 N–H and O–H groups in total. The van der Waals surface area contributed by atoms with E-state index in [1.807, 2.05) is 0 Å². The number of hydrogen-bond acceptors (Lipinski definition) is 3. The van der Waals surface area contributed by atoms with E-state index < -0.39 is 12.0 Å². The Morgan fingerprint density at radius 2 is 2.14 bits per heavy atom. The summed E-state index contributed by atoms with van der Waals surface area (Å²) in [7, 11) is 0. The topological polar surface area (TPSA) is 69.6 Å². The molecule has 21 heavy (non-hydrogen) atoms. The van der Waals surface area contributed by atoms with Gasteiger partial charge in [-0.2, -0.15) is 0 Å². The average molecular weight is 296 g/mol. The first-order chi connectivity index (χ1) is 9.99. The number of hydrogen-bond donors (Lipinski definition) is 2. The molecule has 2 fully saturated rings. The Hall–Kier alpha value is -1.10. The van der Waals surface area contributed by atoms with E-state index in [9.17, 15) is 14.7 Å². The molecule has 0 aromatic carbocycles. The number of nitrogens with one attached hydrogen (secondary N) is 1. The first-order valence-electron chi connectivity index (χ1n) is 8.22. The summed E-state index contributed by atoms with van der Waals surface area (Å²) in [5, 5.41) is 12.7. The van der Waals surface area contributed by atoms with Gasteiger partial charge >= 0.3 is 5.97 Å². The summed E-state index contributed by atoms with van der Waals surface area (Å²) in [6, 6.07) is -0.627. The van der Waals surface area contributed by atoms with Crippen LogP contribution in [0.1, 0.15) is 46.0 Å². The number of carboxylic acid groups (broad SMARTS) is 1. The van der Waals surface area contributed by atoms with Crippen molar-refractivity contribution in [1.82, 2.24) is 10.2 Å². The van der Waals surface area contributed by atoms with Crippen LogP contribution in [0.5, 0.6) is 0 Å². The first-order valence-corrected chi connectivity index (χ1v) is 8.22. The van der Waals surface area contributed by atoms with Gasteiger partial charge in [0.05, 0.1) is 0 Å². The third kappa shape index (κ3) is 4.19. The molecular weight excluding hydrogens is 268 g/mol. The Morgan fingerprint density at radius 3 is 2.76 bits per heavy atom. The second kappa shape index (κ2) is 7.25. The van der Waals surface area contributed by atoms with Crippen LogP contribution in [0, 0.1) is 17.8 Å². The van der Waals surface area contributed by atoms with E-state index >= 15 is 0 Å². The highest BCUT2D eigenvalue weighted by Gasteiger charge is 2.35. The number of carbonyl (C=O) groups excluding carboxylic acids is 1. The molecule has 5 nitrogen and oxygen atoms in total. The van der Waals surface area contributed by atoms with E-state index in [4.69, 9.17) is 0 Å². The summed E-state index contributed by atoms with van der Waals surface area (Å²) in [5.41, 5.74) is 0. The molecular formula is C16H28N2O3. The Kier molecular flexibility index (Phi) is 5.62. The molecule has 0 bridgehead atoms. The third-order valence-corrected chi connectivity index (χ3v) is 5.11. The lowest BCUT2D eigenvalue weighted by Crippen LogP contribution is -2.50. The highest BCUT2D eigenvalue weighted by atomic mass is 16.4. The number of amides is 1. The average Bonchev–Trinajstić information content (AvgIpc) is 2.47. The van der Waals surface area contributed by atoms with E-state index in [2.05, 4.69) is 19.2 Å². The maximum atomic E-state index is 12.5. The molecule has 2 heterocycles. The molecule has 5 heteroatoms. The van der Waals surface area contributed by atoms with Gasteiger partial charge in [0, 0.05) is 13.0 Å². The van der Waals surface area contributed by atoms with Crippen molar-refractivity contribution in [3.8, 4) is 0 Å². The van der Waals surface area contributed by atoms with Crippen molar-refractivity contribution in [2.75, 3.05) is 19.6 Å². The highest BCUT2D eigenvalue weighted by molar-refractivity contribution is 5.84. The van der Waals surface area contributed by atoms with E-state index in [-0.39, 0.29) is 5.91 Å². The number of rotatable bonds is 4. The van der Waals surface area contributed by atoms with Crippen LogP contribution in [0.2, 0.25) is 0 Å². The van der Waals surface area contributed by atoms with Gasteiger partial charge in [0.1, 0.15) is 6.04 Å². The number of carboxylic acids is 1. The molecule has 0 saturated carbocycles. The summed E-state index contributed by atoms with van der Waals surface area (Å²) in [5.74, 6) is 0.401. The number of carbonyl (C=O) groups is 2. The van der Waals surface area contributed by atoms with Crippen LogP contribution in [0.15, 0.2) is 0 Å². The minimum Gasteiger partial charge on any atom is -0.480 e. The third-order valence-electron chi connectivity index (χ3n) is 5.11. The molecule has 2 aliphatic heterocycles. The van der Waals surface area contributed by atoms with Gasteiger partial charge in [-0.1, -0.05) is 13.8 Å². The van der Waals surface area contributed by atoms with Gasteiger partial charge in [-0.25, -0.2) is 4.79 Å². The van der Waals surface area contributed by atoms with E-state index in [1.54, 1.807) is 4.90 Å². The van der Waals surface area contributed by atoms with Crippen LogP contribution in [-0.4, -0.2) is 47.6 Å². The van der Waals surface area contributed by atoms with Crippen molar-refractivity contribution < 1.29 is 14.7 Å². The van der Waals surface area contributed by atoms with Crippen molar-refractivity contribution in [2.24, 2.45) is 17.8 Å². The molecule has 4 unspecified atom stereocenters. The standard InChI is InChI=1S/C16H28N2O3/c1-11-5-7-18(14(8-11)16(20)21)15(19)9-12(2)13-4-3-6-17-10-13/h11-14,17H,3-10H2,1-2H3,(H,20,21). The van der Waals surface area contributed by atoms with Gasteiger partial charge in [-0.3, -0.25) is 4.79 Å². The van der Waals surface area contributed by atoms with Crippen molar-refractivity contribution in [2.45, 2.75) is 52.0 Å². The van der Waals surface area contributed by atoms with Gasteiger partial charge < -0.3 is 15.3 Å². The largest absolute Gasteiger partial charge is 0.480 e. The van der Waals surface area contributed by atoms with Crippen molar-refractivity contribution >= 4 is 11.9 Å². The molecule has 0 spiro atoms. The molecule has 2 aliphatic rings. The lowest BCUT2D eigenvalue weighted by Gasteiger charge is -2.37. The quantitative estimate of drug-likeness (QED) is 0.829. The second-order valence-corrected chi connectivity index (χ2v) is 6.86. The second-order valence-electron chi connectivity index (χ2n) is 6.86. The van der Waals surface area contributed by atoms with Crippen LogP contribution in [0.4, 0.5) is 0 Å². The molecule has 1 amide bonds.